The largest absolute Gasteiger partial charge is 0.497 e. The van der Waals surface area contributed by atoms with E-state index < -0.39 is 0 Å². The number of hydrogen-bond acceptors (Lipinski definition) is 4. The zero-order chi connectivity index (χ0) is 15.2. The first-order valence-corrected chi connectivity index (χ1v) is 8.69. The van der Waals surface area contributed by atoms with Gasteiger partial charge in [-0.15, -0.1) is 0 Å². The van der Waals surface area contributed by atoms with Crippen LogP contribution >= 0.6 is 0 Å². The molecule has 1 aromatic rings. The number of rotatable bonds is 6. The summed E-state index contributed by atoms with van der Waals surface area (Å²) in [6.07, 6.45) is 4.13. The molecule has 2 fully saturated rings. The number of nitrogens with zero attached hydrogens (tertiary/aromatic N) is 3. The molecule has 0 atom stereocenters. The monoisotopic (exact) mass is 303 g/mol. The van der Waals surface area contributed by atoms with Crippen LogP contribution in [0.3, 0.4) is 0 Å². The van der Waals surface area contributed by atoms with Gasteiger partial charge in [-0.1, -0.05) is 0 Å². The molecular weight excluding hydrogens is 274 g/mol. The van der Waals surface area contributed by atoms with Crippen molar-refractivity contribution in [2.75, 3.05) is 64.4 Å². The third kappa shape index (κ3) is 4.14. The van der Waals surface area contributed by atoms with E-state index in [4.69, 9.17) is 4.74 Å². The van der Waals surface area contributed by atoms with Gasteiger partial charge in [0.25, 0.3) is 0 Å². The SMILES string of the molecule is COc1ccc(N2CCN(CCCN3CCCC3)CC2)cc1. The maximum Gasteiger partial charge on any atom is 0.119 e. The second kappa shape index (κ2) is 7.84. The molecule has 2 saturated heterocycles. The van der Waals surface area contributed by atoms with Crippen molar-refractivity contribution in [3.05, 3.63) is 24.3 Å². The normalized spacial score (nSPS) is 20.5. The molecule has 0 bridgehead atoms. The Morgan fingerprint density at radius 2 is 1.41 bits per heavy atom. The highest BCUT2D eigenvalue weighted by Crippen LogP contribution is 2.20. The van der Waals surface area contributed by atoms with Gasteiger partial charge in [-0.3, -0.25) is 4.90 Å². The van der Waals surface area contributed by atoms with Crippen LogP contribution in [0.15, 0.2) is 24.3 Å². The molecule has 2 aliphatic rings. The first-order valence-electron chi connectivity index (χ1n) is 8.69. The molecule has 0 aromatic heterocycles. The first-order chi connectivity index (χ1) is 10.8. The van der Waals surface area contributed by atoms with Crippen molar-refractivity contribution in [1.82, 2.24) is 9.80 Å². The van der Waals surface area contributed by atoms with E-state index in [1.54, 1.807) is 7.11 Å². The van der Waals surface area contributed by atoms with Crippen molar-refractivity contribution in [2.45, 2.75) is 19.3 Å². The second-order valence-corrected chi connectivity index (χ2v) is 6.43. The van der Waals surface area contributed by atoms with E-state index in [2.05, 4.69) is 39.0 Å². The molecule has 0 spiro atoms. The number of hydrogen-bond donors (Lipinski definition) is 0. The van der Waals surface area contributed by atoms with Gasteiger partial charge in [0.05, 0.1) is 7.11 Å². The Bertz CT molecular complexity index is 434. The molecule has 4 nitrogen and oxygen atoms in total. The predicted molar refractivity (Wildman–Crippen MR) is 91.9 cm³/mol. The van der Waals surface area contributed by atoms with Crippen molar-refractivity contribution < 1.29 is 4.74 Å². The quantitative estimate of drug-likeness (QED) is 0.802. The fourth-order valence-corrected chi connectivity index (χ4v) is 3.55. The van der Waals surface area contributed by atoms with Gasteiger partial charge in [0, 0.05) is 31.9 Å². The third-order valence-electron chi connectivity index (χ3n) is 4.96. The molecule has 0 aliphatic carbocycles. The molecule has 0 N–H and O–H groups in total. The first kappa shape index (κ1) is 15.6. The summed E-state index contributed by atoms with van der Waals surface area (Å²) in [7, 11) is 1.72. The molecule has 0 radical (unpaired) electrons. The van der Waals surface area contributed by atoms with Crippen molar-refractivity contribution in [3.8, 4) is 5.75 Å². The van der Waals surface area contributed by atoms with Crippen molar-refractivity contribution >= 4 is 5.69 Å². The highest BCUT2D eigenvalue weighted by Gasteiger charge is 2.17. The van der Waals surface area contributed by atoms with E-state index in [-0.39, 0.29) is 0 Å². The van der Waals surface area contributed by atoms with Crippen molar-refractivity contribution in [3.63, 3.8) is 0 Å². The molecule has 1 aromatic carbocycles. The number of likely N-dealkylation sites (tertiary alicyclic amines) is 1. The summed E-state index contributed by atoms with van der Waals surface area (Å²) < 4.78 is 5.23. The predicted octanol–water partition coefficient (Wildman–Crippen LogP) is 2.30. The van der Waals surface area contributed by atoms with Gasteiger partial charge < -0.3 is 14.5 Å². The van der Waals surface area contributed by atoms with Gasteiger partial charge in [0.2, 0.25) is 0 Å². The Morgan fingerprint density at radius 3 is 2.00 bits per heavy atom. The minimum absolute atomic E-state index is 0.935. The summed E-state index contributed by atoms with van der Waals surface area (Å²) in [5.41, 5.74) is 1.32. The van der Waals surface area contributed by atoms with E-state index in [0.717, 1.165) is 18.8 Å². The van der Waals surface area contributed by atoms with Crippen LogP contribution in [0, 0.1) is 0 Å². The van der Waals surface area contributed by atoms with Crippen LogP contribution in [0.4, 0.5) is 5.69 Å². The summed E-state index contributed by atoms with van der Waals surface area (Å²) in [4.78, 5) is 7.72. The lowest BCUT2D eigenvalue weighted by molar-refractivity contribution is 0.234. The molecule has 122 valence electrons. The summed E-state index contributed by atoms with van der Waals surface area (Å²) in [6.45, 7) is 9.84. The number of methoxy groups -OCH3 is 1. The Morgan fingerprint density at radius 1 is 0.818 bits per heavy atom. The maximum atomic E-state index is 5.23. The molecular formula is C18H29N3O. The number of benzene rings is 1. The minimum atomic E-state index is 0.935. The lowest BCUT2D eigenvalue weighted by Crippen LogP contribution is -2.47. The van der Waals surface area contributed by atoms with Crippen LogP contribution in [0.1, 0.15) is 19.3 Å². The van der Waals surface area contributed by atoms with E-state index in [0.29, 0.717) is 0 Å². The summed E-state index contributed by atoms with van der Waals surface area (Å²) in [5.74, 6) is 0.935. The highest BCUT2D eigenvalue weighted by molar-refractivity contribution is 5.49. The molecule has 2 aliphatic heterocycles. The average molecular weight is 303 g/mol. The third-order valence-corrected chi connectivity index (χ3v) is 4.96. The molecule has 3 rings (SSSR count). The molecule has 4 heteroatoms. The fraction of sp³-hybridized carbons (Fsp3) is 0.667. The van der Waals surface area contributed by atoms with Crippen LogP contribution in [0.5, 0.6) is 5.75 Å². The van der Waals surface area contributed by atoms with Gasteiger partial charge >= 0.3 is 0 Å². The summed E-state index contributed by atoms with van der Waals surface area (Å²) >= 11 is 0. The zero-order valence-corrected chi connectivity index (χ0v) is 13.8. The fourth-order valence-electron chi connectivity index (χ4n) is 3.55. The van der Waals surface area contributed by atoms with Crippen molar-refractivity contribution in [1.29, 1.82) is 0 Å². The molecule has 0 amide bonds. The molecule has 0 unspecified atom stereocenters. The van der Waals surface area contributed by atoms with Crippen LogP contribution in [0.2, 0.25) is 0 Å². The van der Waals surface area contributed by atoms with Gasteiger partial charge in [-0.25, -0.2) is 0 Å². The van der Waals surface area contributed by atoms with Gasteiger partial charge in [-0.2, -0.15) is 0 Å². The maximum absolute atomic E-state index is 5.23. The number of anilines is 1. The van der Waals surface area contributed by atoms with E-state index in [1.165, 1.54) is 64.2 Å². The molecule has 0 saturated carbocycles. The van der Waals surface area contributed by atoms with Crippen LogP contribution in [-0.2, 0) is 0 Å². The standard InChI is InChI=1S/C18H29N3O/c1-22-18-7-5-17(6-8-18)21-15-13-20(14-16-21)12-4-11-19-9-2-3-10-19/h5-8H,2-4,9-16H2,1H3. The number of piperazine rings is 1. The van der Waals surface area contributed by atoms with Crippen LogP contribution in [0.25, 0.3) is 0 Å². The van der Waals surface area contributed by atoms with Crippen LogP contribution in [-0.4, -0.2) is 69.3 Å². The van der Waals surface area contributed by atoms with E-state index in [1.807, 2.05) is 0 Å². The lowest BCUT2D eigenvalue weighted by atomic mass is 10.2. The Hall–Kier alpha value is -1.26. The van der Waals surface area contributed by atoms with Gasteiger partial charge in [-0.05, 0) is 69.7 Å². The Kier molecular flexibility index (Phi) is 5.57. The van der Waals surface area contributed by atoms with E-state index >= 15 is 0 Å². The number of ether oxygens (including phenoxy) is 1. The lowest BCUT2D eigenvalue weighted by Gasteiger charge is -2.36. The molecule has 2 heterocycles. The van der Waals surface area contributed by atoms with Gasteiger partial charge in [0.15, 0.2) is 0 Å². The smallest absolute Gasteiger partial charge is 0.119 e. The van der Waals surface area contributed by atoms with Crippen LogP contribution < -0.4 is 9.64 Å². The summed E-state index contributed by atoms with van der Waals surface area (Å²) in [5, 5.41) is 0. The van der Waals surface area contributed by atoms with E-state index in [9.17, 15) is 0 Å². The highest BCUT2D eigenvalue weighted by atomic mass is 16.5. The average Bonchev–Trinajstić information content (AvgIpc) is 3.09. The zero-order valence-electron chi connectivity index (χ0n) is 13.8. The molecule has 22 heavy (non-hydrogen) atoms. The Balaban J connectivity index is 1.37. The van der Waals surface area contributed by atoms with Gasteiger partial charge in [0.1, 0.15) is 5.75 Å². The minimum Gasteiger partial charge on any atom is -0.497 e. The second-order valence-electron chi connectivity index (χ2n) is 6.43. The topological polar surface area (TPSA) is 19.0 Å². The summed E-state index contributed by atoms with van der Waals surface area (Å²) in [6, 6.07) is 8.44. The van der Waals surface area contributed by atoms with Crippen molar-refractivity contribution in [2.24, 2.45) is 0 Å². The Labute approximate surface area is 134 Å².